The minimum Gasteiger partial charge on any atom is -0.492 e. The molecule has 0 aliphatic heterocycles. The van der Waals surface area contributed by atoms with Crippen molar-refractivity contribution in [3.63, 3.8) is 0 Å². The first-order valence-corrected chi connectivity index (χ1v) is 12.2. The molecule has 3 heteroatoms. The smallest absolute Gasteiger partial charge is 0.133 e. The molecular formula is C22H34I2O. The molecule has 0 bridgehead atoms. The van der Waals surface area contributed by atoms with Crippen molar-refractivity contribution in [1.82, 2.24) is 0 Å². The Hall–Kier alpha value is 0.480. The summed E-state index contributed by atoms with van der Waals surface area (Å²) in [5.41, 5.74) is 1.33. The van der Waals surface area contributed by atoms with Crippen LogP contribution >= 0.6 is 45.2 Å². The highest BCUT2D eigenvalue weighted by Gasteiger charge is 2.23. The lowest BCUT2D eigenvalue weighted by atomic mass is 9.75. The van der Waals surface area contributed by atoms with Crippen molar-refractivity contribution in [1.29, 1.82) is 0 Å². The monoisotopic (exact) mass is 568 g/mol. The molecule has 1 nitrogen and oxygen atoms in total. The standard InChI is InChI=1S/C22H34I2O/c1-5-18(10-8-16(3)19-11-6-15(2)7-12-19)14-25-20-13-9-17(4)21(23)22(20)24/h9,13,15-16,18-19H,5-8,10-12,14H2,1-4H3. The lowest BCUT2D eigenvalue weighted by Gasteiger charge is -2.31. The third-order valence-electron chi connectivity index (χ3n) is 6.19. The van der Waals surface area contributed by atoms with E-state index in [4.69, 9.17) is 4.74 Å². The van der Waals surface area contributed by atoms with Gasteiger partial charge in [0.15, 0.2) is 0 Å². The van der Waals surface area contributed by atoms with Gasteiger partial charge in [-0.2, -0.15) is 0 Å². The summed E-state index contributed by atoms with van der Waals surface area (Å²) in [6.45, 7) is 10.2. The van der Waals surface area contributed by atoms with Crippen molar-refractivity contribution < 1.29 is 4.74 Å². The fourth-order valence-corrected chi connectivity index (χ4v) is 5.15. The van der Waals surface area contributed by atoms with Crippen molar-refractivity contribution >= 4 is 45.2 Å². The normalized spacial score (nSPS) is 23.3. The van der Waals surface area contributed by atoms with Crippen LogP contribution in [0.25, 0.3) is 0 Å². The molecule has 2 atom stereocenters. The summed E-state index contributed by atoms with van der Waals surface area (Å²) in [6, 6.07) is 4.31. The molecule has 1 saturated carbocycles. The third-order valence-corrected chi connectivity index (χ3v) is 9.68. The van der Waals surface area contributed by atoms with Crippen LogP contribution in [0.15, 0.2) is 12.1 Å². The van der Waals surface area contributed by atoms with Crippen LogP contribution in [0.5, 0.6) is 5.75 Å². The molecule has 0 radical (unpaired) electrons. The predicted octanol–water partition coefficient (Wildman–Crippen LogP) is 7.85. The maximum absolute atomic E-state index is 6.21. The Kier molecular flexibility index (Phi) is 9.34. The van der Waals surface area contributed by atoms with E-state index in [-0.39, 0.29) is 0 Å². The van der Waals surface area contributed by atoms with E-state index in [1.165, 1.54) is 57.6 Å². The first-order valence-electron chi connectivity index (χ1n) is 9.99. The number of hydrogen-bond acceptors (Lipinski definition) is 1. The number of ether oxygens (including phenoxy) is 1. The zero-order chi connectivity index (χ0) is 18.4. The molecule has 0 N–H and O–H groups in total. The molecule has 0 heterocycles. The highest BCUT2D eigenvalue weighted by Crippen LogP contribution is 2.36. The van der Waals surface area contributed by atoms with Gasteiger partial charge in [0.2, 0.25) is 0 Å². The molecule has 1 aliphatic carbocycles. The van der Waals surface area contributed by atoms with Gasteiger partial charge in [-0.05, 0) is 107 Å². The van der Waals surface area contributed by atoms with Crippen LogP contribution in [0.3, 0.4) is 0 Å². The van der Waals surface area contributed by atoms with Gasteiger partial charge < -0.3 is 4.74 Å². The number of halogens is 2. The van der Waals surface area contributed by atoms with E-state index in [2.05, 4.69) is 85.0 Å². The van der Waals surface area contributed by atoms with Gasteiger partial charge in [0.25, 0.3) is 0 Å². The van der Waals surface area contributed by atoms with Crippen LogP contribution in [0.1, 0.15) is 71.3 Å². The number of hydrogen-bond donors (Lipinski definition) is 0. The van der Waals surface area contributed by atoms with Gasteiger partial charge in [0, 0.05) is 3.57 Å². The van der Waals surface area contributed by atoms with Crippen molar-refractivity contribution in [3.05, 3.63) is 24.8 Å². The van der Waals surface area contributed by atoms with Gasteiger partial charge in [-0.1, -0.05) is 52.5 Å². The summed E-state index contributed by atoms with van der Waals surface area (Å²) in [5.74, 6) is 4.54. The summed E-state index contributed by atoms with van der Waals surface area (Å²) in [5, 5.41) is 0. The van der Waals surface area contributed by atoms with E-state index in [0.717, 1.165) is 30.1 Å². The second-order valence-corrected chi connectivity index (χ2v) is 10.3. The molecular weight excluding hydrogens is 534 g/mol. The van der Waals surface area contributed by atoms with Crippen molar-refractivity contribution in [2.75, 3.05) is 6.61 Å². The van der Waals surface area contributed by atoms with Crippen LogP contribution in [0.2, 0.25) is 0 Å². The molecule has 0 spiro atoms. The Bertz CT molecular complexity index is 535. The molecule has 2 rings (SSSR count). The molecule has 1 aliphatic rings. The molecule has 0 amide bonds. The highest BCUT2D eigenvalue weighted by atomic mass is 127. The summed E-state index contributed by atoms with van der Waals surface area (Å²) in [7, 11) is 0. The topological polar surface area (TPSA) is 9.23 Å². The minimum atomic E-state index is 0.680. The first-order chi connectivity index (χ1) is 11.9. The predicted molar refractivity (Wildman–Crippen MR) is 125 cm³/mol. The Morgan fingerprint density at radius 1 is 1.08 bits per heavy atom. The van der Waals surface area contributed by atoms with E-state index in [9.17, 15) is 0 Å². The fourth-order valence-electron chi connectivity index (χ4n) is 3.94. The number of benzene rings is 1. The van der Waals surface area contributed by atoms with Crippen LogP contribution in [-0.2, 0) is 0 Å². The molecule has 0 aromatic heterocycles. The van der Waals surface area contributed by atoms with Crippen LogP contribution in [0, 0.1) is 37.7 Å². The maximum atomic E-state index is 6.21. The molecule has 0 saturated heterocycles. The Morgan fingerprint density at radius 3 is 2.40 bits per heavy atom. The second kappa shape index (κ2) is 10.7. The average Bonchev–Trinajstić information content (AvgIpc) is 2.61. The molecule has 1 fully saturated rings. The lowest BCUT2D eigenvalue weighted by molar-refractivity contribution is 0.187. The fraction of sp³-hybridized carbons (Fsp3) is 0.727. The van der Waals surface area contributed by atoms with E-state index < -0.39 is 0 Å². The second-order valence-electron chi connectivity index (χ2n) is 8.17. The van der Waals surface area contributed by atoms with Crippen LogP contribution < -0.4 is 4.74 Å². The zero-order valence-electron chi connectivity index (χ0n) is 16.3. The van der Waals surface area contributed by atoms with E-state index in [1.54, 1.807) is 0 Å². The van der Waals surface area contributed by atoms with Crippen molar-refractivity contribution in [2.45, 2.75) is 72.6 Å². The van der Waals surface area contributed by atoms with Gasteiger partial charge in [-0.25, -0.2) is 0 Å². The highest BCUT2D eigenvalue weighted by molar-refractivity contribution is 14.1. The first kappa shape index (κ1) is 21.8. The Labute approximate surface area is 182 Å². The number of rotatable bonds is 8. The quantitative estimate of drug-likeness (QED) is 0.291. The average molecular weight is 568 g/mol. The summed E-state index contributed by atoms with van der Waals surface area (Å²) >= 11 is 4.84. The van der Waals surface area contributed by atoms with Crippen molar-refractivity contribution in [3.8, 4) is 5.75 Å². The van der Waals surface area contributed by atoms with Gasteiger partial charge in [-0.3, -0.25) is 0 Å². The summed E-state index contributed by atoms with van der Waals surface area (Å²) < 4.78 is 8.79. The molecule has 1 aromatic carbocycles. The van der Waals surface area contributed by atoms with E-state index in [1.807, 2.05) is 0 Å². The van der Waals surface area contributed by atoms with Gasteiger partial charge >= 0.3 is 0 Å². The molecule has 142 valence electrons. The molecule has 25 heavy (non-hydrogen) atoms. The zero-order valence-corrected chi connectivity index (χ0v) is 20.6. The van der Waals surface area contributed by atoms with Gasteiger partial charge in [0.05, 0.1) is 10.2 Å². The summed E-state index contributed by atoms with van der Waals surface area (Å²) in [6.07, 6.45) is 9.69. The van der Waals surface area contributed by atoms with Gasteiger partial charge in [0.1, 0.15) is 5.75 Å². The Morgan fingerprint density at radius 2 is 1.76 bits per heavy atom. The Balaban J connectivity index is 1.79. The van der Waals surface area contributed by atoms with E-state index >= 15 is 0 Å². The largest absolute Gasteiger partial charge is 0.492 e. The van der Waals surface area contributed by atoms with Crippen molar-refractivity contribution in [2.24, 2.45) is 23.7 Å². The lowest BCUT2D eigenvalue weighted by Crippen LogP contribution is -2.20. The van der Waals surface area contributed by atoms with Crippen LogP contribution in [0.4, 0.5) is 0 Å². The molecule has 1 aromatic rings. The number of aryl methyl sites for hydroxylation is 1. The van der Waals surface area contributed by atoms with E-state index in [0.29, 0.717) is 5.92 Å². The summed E-state index contributed by atoms with van der Waals surface area (Å²) in [4.78, 5) is 0. The minimum absolute atomic E-state index is 0.680. The molecule has 2 unspecified atom stereocenters. The van der Waals surface area contributed by atoms with Crippen LogP contribution in [-0.4, -0.2) is 6.61 Å². The third kappa shape index (κ3) is 6.54. The maximum Gasteiger partial charge on any atom is 0.133 e. The SMILES string of the molecule is CCC(CCC(C)C1CCC(C)CC1)COc1ccc(C)c(I)c1I. The van der Waals surface area contributed by atoms with Gasteiger partial charge in [-0.15, -0.1) is 0 Å².